The van der Waals surface area contributed by atoms with Crippen LogP contribution in [-0.4, -0.2) is 51.8 Å². The SMILES string of the molecule is COCCN1C(=O)c2ccc(-c3cc(F)cc(OC(F)F)c3)cc2N(S(=O)(=O)c2cccc(C(F)(F)F)c2)C1(C)C. The number of halogens is 6. The Morgan fingerprint density at radius 2 is 1.68 bits per heavy atom. The first-order chi connectivity index (χ1) is 19.1. The van der Waals surface area contributed by atoms with Crippen LogP contribution in [0, 0.1) is 5.82 Å². The number of benzene rings is 3. The third kappa shape index (κ3) is 5.84. The second-order valence-corrected chi connectivity index (χ2v) is 11.3. The van der Waals surface area contributed by atoms with Crippen LogP contribution < -0.4 is 9.04 Å². The van der Waals surface area contributed by atoms with Crippen LogP contribution in [0.5, 0.6) is 5.75 Å². The summed E-state index contributed by atoms with van der Waals surface area (Å²) in [5.41, 5.74) is -3.03. The first-order valence-corrected chi connectivity index (χ1v) is 13.4. The maximum atomic E-state index is 14.3. The van der Waals surface area contributed by atoms with Crippen molar-refractivity contribution in [3.63, 3.8) is 0 Å². The number of nitrogens with zero attached hydrogens (tertiary/aromatic N) is 2. The van der Waals surface area contributed by atoms with Crippen LogP contribution in [0.25, 0.3) is 11.1 Å². The predicted octanol–water partition coefficient (Wildman–Crippen LogP) is 6.15. The standard InChI is InChI=1S/C27H24F6N2O5S/c1-26(2)34(9-10-39-3)24(36)22-8-7-16(17-11-19(28)15-20(12-17)40-25(29)30)13-23(22)35(26)41(37,38)21-6-4-5-18(14-21)27(31,32)33/h4-8,11-15,25H,9-10H2,1-3H3. The normalized spacial score (nSPS) is 15.3. The minimum absolute atomic E-state index is 0.0203. The number of methoxy groups -OCH3 is 1. The van der Waals surface area contributed by atoms with E-state index in [0.29, 0.717) is 6.07 Å². The van der Waals surface area contributed by atoms with Crippen molar-refractivity contribution in [3.8, 4) is 16.9 Å². The van der Waals surface area contributed by atoms with Gasteiger partial charge in [0.1, 0.15) is 17.2 Å². The third-order valence-corrected chi connectivity index (χ3v) is 8.47. The van der Waals surface area contributed by atoms with Gasteiger partial charge in [-0.05, 0) is 67.4 Å². The highest BCUT2D eigenvalue weighted by molar-refractivity contribution is 7.93. The fraction of sp³-hybridized carbons (Fsp3) is 0.296. The van der Waals surface area contributed by atoms with Crippen molar-refractivity contribution in [1.29, 1.82) is 0 Å². The predicted molar refractivity (Wildman–Crippen MR) is 137 cm³/mol. The zero-order valence-electron chi connectivity index (χ0n) is 21.9. The average molecular weight is 603 g/mol. The summed E-state index contributed by atoms with van der Waals surface area (Å²) in [7, 11) is -3.40. The number of anilines is 1. The van der Waals surface area contributed by atoms with Gasteiger partial charge >= 0.3 is 12.8 Å². The minimum atomic E-state index is -4.83. The number of fused-ring (bicyclic) bond motifs is 1. The molecule has 0 unspecified atom stereocenters. The Morgan fingerprint density at radius 3 is 2.32 bits per heavy atom. The molecule has 3 aromatic rings. The summed E-state index contributed by atoms with van der Waals surface area (Å²) in [6.45, 7) is -0.471. The molecule has 0 aromatic heterocycles. The first kappa shape index (κ1) is 30.2. The van der Waals surface area contributed by atoms with E-state index in [-0.39, 0.29) is 35.5 Å². The molecule has 0 radical (unpaired) electrons. The van der Waals surface area contributed by atoms with E-state index in [4.69, 9.17) is 4.74 Å². The number of hydrogen-bond donors (Lipinski definition) is 0. The first-order valence-electron chi connectivity index (χ1n) is 12.0. The van der Waals surface area contributed by atoms with Crippen LogP contribution in [-0.2, 0) is 20.9 Å². The number of rotatable bonds is 8. The summed E-state index contributed by atoms with van der Waals surface area (Å²) in [5, 5.41) is 0. The molecule has 1 aliphatic heterocycles. The van der Waals surface area contributed by atoms with Gasteiger partial charge in [0.05, 0.1) is 28.3 Å². The molecule has 0 saturated heterocycles. The smallest absolute Gasteiger partial charge is 0.416 e. The van der Waals surface area contributed by atoms with E-state index in [1.54, 1.807) is 0 Å². The average Bonchev–Trinajstić information content (AvgIpc) is 2.86. The lowest BCUT2D eigenvalue weighted by Gasteiger charge is -2.50. The summed E-state index contributed by atoms with van der Waals surface area (Å²) in [6, 6.07) is 9.86. The molecule has 220 valence electrons. The van der Waals surface area contributed by atoms with E-state index in [9.17, 15) is 39.6 Å². The quantitative estimate of drug-likeness (QED) is 0.290. The fourth-order valence-corrected chi connectivity index (χ4v) is 6.51. The van der Waals surface area contributed by atoms with Crippen LogP contribution in [0.4, 0.5) is 32.0 Å². The number of amides is 1. The Hall–Kier alpha value is -3.78. The zero-order chi connectivity index (χ0) is 30.3. The highest BCUT2D eigenvalue weighted by Gasteiger charge is 2.49. The van der Waals surface area contributed by atoms with Crippen molar-refractivity contribution in [2.45, 2.75) is 37.2 Å². The monoisotopic (exact) mass is 602 g/mol. The van der Waals surface area contributed by atoms with Gasteiger partial charge in [-0.2, -0.15) is 22.0 Å². The molecular weight excluding hydrogens is 578 g/mol. The Labute approximate surface area is 231 Å². The van der Waals surface area contributed by atoms with Crippen molar-refractivity contribution in [1.82, 2.24) is 4.90 Å². The number of ether oxygens (including phenoxy) is 2. The number of alkyl halides is 5. The number of carbonyl (C=O) groups excluding carboxylic acids is 1. The lowest BCUT2D eigenvalue weighted by molar-refractivity contribution is -0.137. The van der Waals surface area contributed by atoms with Crippen LogP contribution in [0.3, 0.4) is 0 Å². The lowest BCUT2D eigenvalue weighted by Crippen LogP contribution is -2.64. The van der Waals surface area contributed by atoms with Gasteiger partial charge in [0, 0.05) is 19.7 Å². The summed E-state index contributed by atoms with van der Waals surface area (Å²) in [6.07, 6.45) is -4.83. The Kier molecular flexibility index (Phi) is 8.02. The van der Waals surface area contributed by atoms with Crippen molar-refractivity contribution < 1.29 is 49.0 Å². The third-order valence-electron chi connectivity index (χ3n) is 6.50. The van der Waals surface area contributed by atoms with E-state index in [0.717, 1.165) is 40.7 Å². The van der Waals surface area contributed by atoms with Crippen molar-refractivity contribution in [2.24, 2.45) is 0 Å². The van der Waals surface area contributed by atoms with E-state index in [2.05, 4.69) is 4.74 Å². The van der Waals surface area contributed by atoms with E-state index in [1.165, 1.54) is 44.1 Å². The zero-order valence-corrected chi connectivity index (χ0v) is 22.7. The van der Waals surface area contributed by atoms with Crippen molar-refractivity contribution in [3.05, 3.63) is 77.6 Å². The largest absolute Gasteiger partial charge is 0.435 e. The van der Waals surface area contributed by atoms with Crippen LogP contribution >= 0.6 is 0 Å². The second-order valence-electron chi connectivity index (χ2n) is 9.53. The molecule has 1 aliphatic rings. The molecule has 0 atom stereocenters. The summed E-state index contributed by atoms with van der Waals surface area (Å²) < 4.78 is 119. The summed E-state index contributed by atoms with van der Waals surface area (Å²) >= 11 is 0. The van der Waals surface area contributed by atoms with E-state index >= 15 is 0 Å². The maximum Gasteiger partial charge on any atom is 0.416 e. The van der Waals surface area contributed by atoms with Crippen LogP contribution in [0.15, 0.2) is 65.6 Å². The fourth-order valence-electron chi connectivity index (χ4n) is 4.68. The number of carbonyl (C=O) groups is 1. The highest BCUT2D eigenvalue weighted by Crippen LogP contribution is 2.43. The molecule has 0 aliphatic carbocycles. The van der Waals surface area contributed by atoms with Crippen molar-refractivity contribution in [2.75, 3.05) is 24.6 Å². The molecular formula is C27H24F6N2O5S. The molecule has 41 heavy (non-hydrogen) atoms. The molecule has 1 amide bonds. The lowest BCUT2D eigenvalue weighted by atomic mass is 9.97. The molecule has 0 fully saturated rings. The maximum absolute atomic E-state index is 14.3. The Balaban J connectivity index is 1.95. The minimum Gasteiger partial charge on any atom is -0.435 e. The van der Waals surface area contributed by atoms with Crippen LogP contribution in [0.1, 0.15) is 29.8 Å². The van der Waals surface area contributed by atoms with Gasteiger partial charge < -0.3 is 14.4 Å². The van der Waals surface area contributed by atoms with Crippen molar-refractivity contribution >= 4 is 21.6 Å². The van der Waals surface area contributed by atoms with Gasteiger partial charge in [-0.1, -0.05) is 12.1 Å². The molecule has 14 heteroatoms. The molecule has 0 bridgehead atoms. The molecule has 4 rings (SSSR count). The van der Waals surface area contributed by atoms with Gasteiger partial charge in [0.15, 0.2) is 0 Å². The summed E-state index contributed by atoms with van der Waals surface area (Å²) in [4.78, 5) is 14.1. The molecule has 1 heterocycles. The molecule has 0 N–H and O–H groups in total. The number of hydrogen-bond acceptors (Lipinski definition) is 5. The molecule has 7 nitrogen and oxygen atoms in total. The second kappa shape index (κ2) is 10.9. The highest BCUT2D eigenvalue weighted by atomic mass is 32.2. The van der Waals surface area contributed by atoms with Gasteiger partial charge in [0.2, 0.25) is 0 Å². The Bertz CT molecular complexity index is 1580. The summed E-state index contributed by atoms with van der Waals surface area (Å²) in [5.74, 6) is -2.01. The van der Waals surface area contributed by atoms with Gasteiger partial charge in [-0.25, -0.2) is 17.1 Å². The Morgan fingerprint density at radius 1 is 0.976 bits per heavy atom. The topological polar surface area (TPSA) is 76.2 Å². The van der Waals surface area contributed by atoms with Gasteiger partial charge in [-0.3, -0.25) is 4.79 Å². The van der Waals surface area contributed by atoms with Gasteiger partial charge in [0.25, 0.3) is 15.9 Å². The molecule has 0 spiro atoms. The van der Waals surface area contributed by atoms with E-state index < -0.39 is 56.4 Å². The number of sulfonamides is 1. The molecule has 0 saturated carbocycles. The van der Waals surface area contributed by atoms with E-state index in [1.807, 2.05) is 0 Å². The molecule has 3 aromatic carbocycles. The van der Waals surface area contributed by atoms with Crippen LogP contribution in [0.2, 0.25) is 0 Å². The van der Waals surface area contributed by atoms with Gasteiger partial charge in [-0.15, -0.1) is 0 Å².